The number of nitrogens with zero attached hydrogens (tertiary/aromatic N) is 3. The number of furan rings is 1. The zero-order valence-electron chi connectivity index (χ0n) is 15.7. The van der Waals surface area contributed by atoms with E-state index >= 15 is 0 Å². The molecule has 3 heterocycles. The van der Waals surface area contributed by atoms with Gasteiger partial charge < -0.3 is 9.73 Å². The number of carbonyl (C=O) groups excluding carboxylic acids is 1. The average Bonchev–Trinajstić information content (AvgIpc) is 3.32. The first kappa shape index (κ1) is 20.0. The summed E-state index contributed by atoms with van der Waals surface area (Å²) in [5, 5.41) is 6.10. The van der Waals surface area contributed by atoms with Gasteiger partial charge in [-0.1, -0.05) is 17.7 Å². The Bertz CT molecular complexity index is 1260. The number of rotatable bonds is 3. The third-order valence-corrected chi connectivity index (χ3v) is 4.92. The van der Waals surface area contributed by atoms with Crippen molar-refractivity contribution in [1.29, 1.82) is 0 Å². The summed E-state index contributed by atoms with van der Waals surface area (Å²) < 4.78 is 46.6. The van der Waals surface area contributed by atoms with E-state index in [-0.39, 0.29) is 27.8 Å². The number of fused-ring (bicyclic) bond motifs is 1. The Balaban J connectivity index is 1.82. The molecule has 0 aliphatic rings. The van der Waals surface area contributed by atoms with Crippen LogP contribution in [0.2, 0.25) is 5.02 Å². The average molecular weight is 435 g/mol. The number of carbonyl (C=O) groups is 1. The molecule has 0 radical (unpaired) electrons. The normalized spacial score (nSPS) is 11.8. The van der Waals surface area contributed by atoms with Crippen molar-refractivity contribution in [2.24, 2.45) is 0 Å². The number of hydrogen-bond donors (Lipinski definition) is 1. The van der Waals surface area contributed by atoms with Crippen molar-refractivity contribution in [1.82, 2.24) is 14.6 Å². The molecule has 3 aromatic heterocycles. The van der Waals surface area contributed by atoms with Crippen molar-refractivity contribution in [3.63, 3.8) is 0 Å². The second-order valence-electron chi connectivity index (χ2n) is 6.65. The molecule has 0 aliphatic heterocycles. The van der Waals surface area contributed by atoms with Gasteiger partial charge in [0, 0.05) is 5.69 Å². The van der Waals surface area contributed by atoms with Crippen molar-refractivity contribution in [3.05, 3.63) is 70.2 Å². The molecule has 0 atom stereocenters. The standard InChI is InChI=1S/C20H14ClF3N4O2/c1-10-5-6-12(8-11(10)2)25-19(29)17-16(21)18-26-13(14-4-3-7-30-14)9-15(20(22,23)24)28(18)27-17/h3-9H,1-2H3,(H,25,29). The molecule has 30 heavy (non-hydrogen) atoms. The first-order valence-corrected chi connectivity index (χ1v) is 9.12. The molecule has 0 saturated heterocycles. The van der Waals surface area contributed by atoms with Gasteiger partial charge in [-0.2, -0.15) is 18.3 Å². The topological polar surface area (TPSA) is 72.4 Å². The van der Waals surface area contributed by atoms with Crippen LogP contribution < -0.4 is 5.32 Å². The lowest BCUT2D eigenvalue weighted by Gasteiger charge is -2.10. The number of halogens is 4. The molecule has 0 spiro atoms. The van der Waals surface area contributed by atoms with Crippen molar-refractivity contribution >= 4 is 28.8 Å². The monoisotopic (exact) mass is 434 g/mol. The van der Waals surface area contributed by atoms with Crippen LogP contribution in [0.15, 0.2) is 47.1 Å². The van der Waals surface area contributed by atoms with E-state index in [1.807, 2.05) is 19.9 Å². The van der Waals surface area contributed by atoms with Crippen LogP contribution in [0.5, 0.6) is 0 Å². The number of nitrogens with one attached hydrogen (secondary N) is 1. The van der Waals surface area contributed by atoms with Gasteiger partial charge in [-0.25, -0.2) is 9.50 Å². The smallest absolute Gasteiger partial charge is 0.433 e. The van der Waals surface area contributed by atoms with E-state index in [1.165, 1.54) is 18.4 Å². The van der Waals surface area contributed by atoms with Crippen LogP contribution in [0.1, 0.15) is 27.3 Å². The van der Waals surface area contributed by atoms with Gasteiger partial charge in [0.2, 0.25) is 0 Å². The Morgan fingerprint density at radius 2 is 1.93 bits per heavy atom. The Labute approximate surface area is 173 Å². The molecule has 1 aromatic carbocycles. The summed E-state index contributed by atoms with van der Waals surface area (Å²) in [5.41, 5.74) is 0.555. The van der Waals surface area contributed by atoms with E-state index < -0.39 is 17.8 Å². The van der Waals surface area contributed by atoms with E-state index in [2.05, 4.69) is 15.4 Å². The van der Waals surface area contributed by atoms with Crippen LogP contribution in [-0.4, -0.2) is 20.5 Å². The van der Waals surface area contributed by atoms with Crippen LogP contribution in [0.4, 0.5) is 18.9 Å². The molecule has 1 amide bonds. The highest BCUT2D eigenvalue weighted by Gasteiger charge is 2.37. The van der Waals surface area contributed by atoms with Crippen molar-refractivity contribution < 1.29 is 22.4 Å². The summed E-state index contributed by atoms with van der Waals surface area (Å²) in [6.45, 7) is 3.79. The molecule has 0 unspecified atom stereocenters. The Morgan fingerprint density at radius 1 is 1.17 bits per heavy atom. The summed E-state index contributed by atoms with van der Waals surface area (Å²) in [5.74, 6) is -0.622. The maximum absolute atomic E-state index is 13.6. The highest BCUT2D eigenvalue weighted by Crippen LogP contribution is 2.34. The van der Waals surface area contributed by atoms with Gasteiger partial charge in [0.15, 0.2) is 22.8 Å². The van der Waals surface area contributed by atoms with Gasteiger partial charge in [-0.15, -0.1) is 0 Å². The lowest BCUT2D eigenvalue weighted by molar-refractivity contribution is -0.142. The van der Waals surface area contributed by atoms with Gasteiger partial charge >= 0.3 is 6.18 Å². The van der Waals surface area contributed by atoms with Crippen LogP contribution in [0, 0.1) is 13.8 Å². The first-order chi connectivity index (χ1) is 14.1. The molecule has 10 heteroatoms. The summed E-state index contributed by atoms with van der Waals surface area (Å²) in [6.07, 6.45) is -3.45. The molecule has 6 nitrogen and oxygen atoms in total. The molecule has 0 aliphatic carbocycles. The van der Waals surface area contributed by atoms with E-state index in [9.17, 15) is 18.0 Å². The van der Waals surface area contributed by atoms with Gasteiger partial charge in [-0.3, -0.25) is 4.79 Å². The summed E-state index contributed by atoms with van der Waals surface area (Å²) in [7, 11) is 0. The minimum Gasteiger partial charge on any atom is -0.463 e. The third-order valence-electron chi connectivity index (χ3n) is 4.58. The lowest BCUT2D eigenvalue weighted by atomic mass is 10.1. The second kappa shape index (κ2) is 7.17. The number of aromatic nitrogens is 3. The number of aryl methyl sites for hydroxylation is 2. The SMILES string of the molecule is Cc1ccc(NC(=O)c2nn3c(C(F)(F)F)cc(-c4ccco4)nc3c2Cl)cc1C. The molecule has 4 aromatic rings. The lowest BCUT2D eigenvalue weighted by Crippen LogP contribution is -2.16. The molecule has 154 valence electrons. The second-order valence-corrected chi connectivity index (χ2v) is 7.03. The number of benzene rings is 1. The molecule has 0 fully saturated rings. The van der Waals surface area contributed by atoms with Gasteiger partial charge in [0.05, 0.1) is 6.26 Å². The maximum Gasteiger partial charge on any atom is 0.433 e. The molecule has 0 saturated carbocycles. The van der Waals surface area contributed by atoms with Crippen LogP contribution in [0.25, 0.3) is 17.1 Å². The Hall–Kier alpha value is -3.33. The summed E-state index contributed by atoms with van der Waals surface area (Å²) in [4.78, 5) is 16.8. The fourth-order valence-electron chi connectivity index (χ4n) is 2.90. The van der Waals surface area contributed by atoms with Gasteiger partial charge in [-0.05, 0) is 55.3 Å². The van der Waals surface area contributed by atoms with E-state index in [4.69, 9.17) is 16.0 Å². The van der Waals surface area contributed by atoms with Crippen LogP contribution in [-0.2, 0) is 6.18 Å². The maximum atomic E-state index is 13.6. The Kier molecular flexibility index (Phi) is 4.77. The number of alkyl halides is 3. The summed E-state index contributed by atoms with van der Waals surface area (Å²) in [6, 6.07) is 9.02. The highest BCUT2D eigenvalue weighted by atomic mass is 35.5. The van der Waals surface area contributed by atoms with Crippen LogP contribution in [0.3, 0.4) is 0 Å². The predicted octanol–water partition coefficient (Wildman–Crippen LogP) is 5.53. The quantitative estimate of drug-likeness (QED) is 0.460. The minimum absolute atomic E-state index is 0.0808. The van der Waals surface area contributed by atoms with Gasteiger partial charge in [0.25, 0.3) is 5.91 Å². The van der Waals surface area contributed by atoms with Crippen molar-refractivity contribution in [3.8, 4) is 11.5 Å². The largest absolute Gasteiger partial charge is 0.463 e. The van der Waals surface area contributed by atoms with Crippen molar-refractivity contribution in [2.75, 3.05) is 5.32 Å². The minimum atomic E-state index is -4.76. The fourth-order valence-corrected chi connectivity index (χ4v) is 3.14. The van der Waals surface area contributed by atoms with E-state index in [1.54, 1.807) is 12.1 Å². The van der Waals surface area contributed by atoms with E-state index in [0.29, 0.717) is 10.2 Å². The van der Waals surface area contributed by atoms with Crippen LogP contribution >= 0.6 is 11.6 Å². The van der Waals surface area contributed by atoms with Gasteiger partial charge in [0.1, 0.15) is 10.7 Å². The number of anilines is 1. The zero-order valence-corrected chi connectivity index (χ0v) is 16.5. The first-order valence-electron chi connectivity index (χ1n) is 8.74. The molecular formula is C20H14ClF3N4O2. The Morgan fingerprint density at radius 3 is 2.57 bits per heavy atom. The zero-order chi connectivity index (χ0) is 21.6. The summed E-state index contributed by atoms with van der Waals surface area (Å²) >= 11 is 6.23. The third kappa shape index (κ3) is 3.52. The molecule has 4 rings (SSSR count). The molecular weight excluding hydrogens is 421 g/mol. The highest BCUT2D eigenvalue weighted by molar-refractivity contribution is 6.37. The van der Waals surface area contributed by atoms with E-state index in [0.717, 1.165) is 17.2 Å². The number of amides is 1. The fraction of sp³-hybridized carbons (Fsp3) is 0.150. The molecule has 1 N–H and O–H groups in total. The number of hydrogen-bond acceptors (Lipinski definition) is 4. The van der Waals surface area contributed by atoms with Crippen molar-refractivity contribution in [2.45, 2.75) is 20.0 Å². The predicted molar refractivity (Wildman–Crippen MR) is 105 cm³/mol. The molecule has 0 bridgehead atoms.